The lowest BCUT2D eigenvalue weighted by atomic mass is 10.1. The zero-order valence-corrected chi connectivity index (χ0v) is 12.1. The number of nitrogens with one attached hydrogen (secondary N) is 1. The summed E-state index contributed by atoms with van der Waals surface area (Å²) in [6.07, 6.45) is 4.51. The Labute approximate surface area is 127 Å². The van der Waals surface area contributed by atoms with Gasteiger partial charge in [-0.1, -0.05) is 6.08 Å². The van der Waals surface area contributed by atoms with E-state index in [4.69, 9.17) is 17.0 Å². The third-order valence-electron chi connectivity index (χ3n) is 2.78. The summed E-state index contributed by atoms with van der Waals surface area (Å²) in [6, 6.07) is 3.34. The third-order valence-corrected chi connectivity index (χ3v) is 3.10. The van der Waals surface area contributed by atoms with Crippen molar-refractivity contribution >= 4 is 35.2 Å². The Bertz CT molecular complexity index is 637. The van der Waals surface area contributed by atoms with Crippen molar-refractivity contribution in [3.05, 3.63) is 42.1 Å². The van der Waals surface area contributed by atoms with Gasteiger partial charge < -0.3 is 4.74 Å². The molecule has 0 aromatic carbocycles. The van der Waals surface area contributed by atoms with E-state index in [0.717, 1.165) is 0 Å². The van der Waals surface area contributed by atoms with Crippen LogP contribution < -0.4 is 10.1 Å². The van der Waals surface area contributed by atoms with E-state index in [0.29, 0.717) is 11.4 Å². The van der Waals surface area contributed by atoms with Gasteiger partial charge in [-0.2, -0.15) is 0 Å². The number of carbonyl (C=O) groups excluding carboxylic acids is 2. The van der Waals surface area contributed by atoms with Gasteiger partial charge in [-0.15, -0.1) is 6.58 Å². The van der Waals surface area contributed by atoms with Gasteiger partial charge in [-0.3, -0.25) is 19.8 Å². The van der Waals surface area contributed by atoms with E-state index in [2.05, 4.69) is 16.9 Å². The number of pyridine rings is 1. The monoisotopic (exact) mass is 303 g/mol. The van der Waals surface area contributed by atoms with Crippen LogP contribution in [0, 0.1) is 0 Å². The molecule has 1 aliphatic rings. The average Bonchev–Trinajstić information content (AvgIpc) is 2.48. The first-order valence-corrected chi connectivity index (χ1v) is 6.47. The van der Waals surface area contributed by atoms with Crippen molar-refractivity contribution < 1.29 is 14.3 Å². The smallest absolute Gasteiger partial charge is 0.265 e. The molecule has 21 heavy (non-hydrogen) atoms. The third kappa shape index (κ3) is 3.14. The lowest BCUT2D eigenvalue weighted by Gasteiger charge is -2.27. The fraction of sp³-hybridized carbons (Fsp3) is 0.143. The molecule has 0 saturated carbocycles. The van der Waals surface area contributed by atoms with Crippen LogP contribution in [0.25, 0.3) is 6.08 Å². The van der Waals surface area contributed by atoms with E-state index >= 15 is 0 Å². The van der Waals surface area contributed by atoms with Crippen LogP contribution in [0.1, 0.15) is 5.56 Å². The number of rotatable bonds is 4. The fourth-order valence-electron chi connectivity index (χ4n) is 1.75. The van der Waals surface area contributed by atoms with Crippen LogP contribution >= 0.6 is 12.2 Å². The molecule has 1 aromatic rings. The Morgan fingerprint density at radius 1 is 1.48 bits per heavy atom. The number of hydrogen-bond donors (Lipinski definition) is 1. The minimum atomic E-state index is -0.527. The zero-order valence-electron chi connectivity index (χ0n) is 11.3. The van der Waals surface area contributed by atoms with Gasteiger partial charge in [-0.05, 0) is 29.9 Å². The summed E-state index contributed by atoms with van der Waals surface area (Å²) in [7, 11) is 1.51. The van der Waals surface area contributed by atoms with Gasteiger partial charge in [0.05, 0.1) is 7.11 Å². The van der Waals surface area contributed by atoms with Crippen LogP contribution in [-0.2, 0) is 9.59 Å². The molecule has 0 spiro atoms. The highest BCUT2D eigenvalue weighted by Gasteiger charge is 2.32. The first-order chi connectivity index (χ1) is 10.1. The Hall–Kier alpha value is -2.54. The Morgan fingerprint density at radius 3 is 2.81 bits per heavy atom. The maximum atomic E-state index is 12.3. The van der Waals surface area contributed by atoms with Crippen molar-refractivity contribution in [2.75, 3.05) is 13.7 Å². The highest BCUT2D eigenvalue weighted by atomic mass is 32.1. The molecule has 1 saturated heterocycles. The molecule has 1 N–H and O–H groups in total. The van der Waals surface area contributed by atoms with Gasteiger partial charge in [0.25, 0.3) is 11.8 Å². The van der Waals surface area contributed by atoms with Crippen LogP contribution in [-0.4, -0.2) is 40.5 Å². The molecule has 1 fully saturated rings. The summed E-state index contributed by atoms with van der Waals surface area (Å²) in [4.78, 5) is 29.5. The van der Waals surface area contributed by atoms with Crippen molar-refractivity contribution in [1.82, 2.24) is 15.2 Å². The molecule has 2 heterocycles. The van der Waals surface area contributed by atoms with Crippen LogP contribution in [0.2, 0.25) is 0 Å². The lowest BCUT2D eigenvalue weighted by molar-refractivity contribution is -0.128. The van der Waals surface area contributed by atoms with Gasteiger partial charge in [-0.25, -0.2) is 4.98 Å². The number of amides is 2. The second kappa shape index (κ2) is 6.27. The van der Waals surface area contributed by atoms with E-state index in [9.17, 15) is 9.59 Å². The SMILES string of the molecule is C=CCN1C(=O)/C(=C/c2ccc(OC)nc2)C(=O)NC1=S. The van der Waals surface area contributed by atoms with Crippen molar-refractivity contribution in [2.24, 2.45) is 0 Å². The minimum absolute atomic E-state index is 0.00239. The van der Waals surface area contributed by atoms with E-state index in [-0.39, 0.29) is 17.2 Å². The van der Waals surface area contributed by atoms with Crippen LogP contribution in [0.4, 0.5) is 0 Å². The second-order valence-electron chi connectivity index (χ2n) is 4.16. The molecule has 2 amide bonds. The minimum Gasteiger partial charge on any atom is -0.481 e. The van der Waals surface area contributed by atoms with E-state index < -0.39 is 11.8 Å². The topological polar surface area (TPSA) is 71.5 Å². The van der Waals surface area contributed by atoms with Gasteiger partial charge in [0.2, 0.25) is 5.88 Å². The molecule has 0 aliphatic carbocycles. The number of ether oxygens (including phenoxy) is 1. The van der Waals surface area contributed by atoms with Crippen LogP contribution in [0.3, 0.4) is 0 Å². The van der Waals surface area contributed by atoms with E-state index in [1.54, 1.807) is 12.1 Å². The molecule has 7 heteroatoms. The van der Waals surface area contributed by atoms with Crippen LogP contribution in [0.5, 0.6) is 5.88 Å². The maximum Gasteiger partial charge on any atom is 0.265 e. The molecule has 0 atom stereocenters. The molecular formula is C14H13N3O3S. The normalized spacial score (nSPS) is 16.9. The summed E-state index contributed by atoms with van der Waals surface area (Å²) in [6.45, 7) is 3.79. The predicted molar refractivity (Wildman–Crippen MR) is 81.4 cm³/mol. The van der Waals surface area contributed by atoms with Gasteiger partial charge in [0.1, 0.15) is 5.57 Å². The average molecular weight is 303 g/mol. The number of hydrogen-bond acceptors (Lipinski definition) is 5. The largest absolute Gasteiger partial charge is 0.481 e. The fourth-order valence-corrected chi connectivity index (χ4v) is 2.00. The highest BCUT2D eigenvalue weighted by Crippen LogP contribution is 2.15. The summed E-state index contributed by atoms with van der Waals surface area (Å²) in [5.74, 6) is -0.536. The Morgan fingerprint density at radius 2 is 2.24 bits per heavy atom. The number of carbonyl (C=O) groups is 2. The standard InChI is InChI=1S/C14H13N3O3S/c1-3-6-17-13(19)10(12(18)16-14(17)21)7-9-4-5-11(20-2)15-8-9/h3-5,7-8H,1,6H2,2H3,(H,16,18,21)/b10-7+. The second-order valence-corrected chi connectivity index (χ2v) is 4.54. The van der Waals surface area contributed by atoms with Crippen molar-refractivity contribution in [1.29, 1.82) is 0 Å². The number of thiocarbonyl (C=S) groups is 1. The summed E-state index contributed by atoms with van der Waals surface area (Å²) >= 11 is 4.97. The number of methoxy groups -OCH3 is 1. The Kier molecular flexibility index (Phi) is 4.44. The molecule has 1 aliphatic heterocycles. The Balaban J connectivity index is 2.32. The molecule has 1 aromatic heterocycles. The van der Waals surface area contributed by atoms with Crippen LogP contribution in [0.15, 0.2) is 36.6 Å². The summed E-state index contributed by atoms with van der Waals surface area (Å²) in [5, 5.41) is 2.55. The molecule has 0 radical (unpaired) electrons. The van der Waals surface area contributed by atoms with Crippen molar-refractivity contribution in [2.45, 2.75) is 0 Å². The van der Waals surface area contributed by atoms with Crippen molar-refractivity contribution in [3.63, 3.8) is 0 Å². The zero-order chi connectivity index (χ0) is 15.4. The summed E-state index contributed by atoms with van der Waals surface area (Å²) in [5.41, 5.74) is 0.609. The van der Waals surface area contributed by atoms with Gasteiger partial charge in [0.15, 0.2) is 5.11 Å². The number of nitrogens with zero attached hydrogens (tertiary/aromatic N) is 2. The molecule has 6 nitrogen and oxygen atoms in total. The first-order valence-electron chi connectivity index (χ1n) is 6.06. The quantitative estimate of drug-likeness (QED) is 0.387. The van der Waals surface area contributed by atoms with E-state index in [1.807, 2.05) is 0 Å². The predicted octanol–water partition coefficient (Wildman–Crippen LogP) is 0.903. The molecule has 0 bridgehead atoms. The molecule has 108 valence electrons. The van der Waals surface area contributed by atoms with E-state index in [1.165, 1.54) is 30.4 Å². The lowest BCUT2D eigenvalue weighted by Crippen LogP contribution is -2.53. The van der Waals surface area contributed by atoms with Gasteiger partial charge in [0, 0.05) is 18.8 Å². The van der Waals surface area contributed by atoms with Crippen molar-refractivity contribution in [3.8, 4) is 5.88 Å². The summed E-state index contributed by atoms with van der Waals surface area (Å²) < 4.78 is 4.95. The maximum absolute atomic E-state index is 12.3. The number of aromatic nitrogens is 1. The molecular weight excluding hydrogens is 290 g/mol. The highest BCUT2D eigenvalue weighted by molar-refractivity contribution is 7.80. The molecule has 2 rings (SSSR count). The first kappa shape index (κ1) is 14.9. The van der Waals surface area contributed by atoms with Gasteiger partial charge >= 0.3 is 0 Å². The molecule has 0 unspecified atom stereocenters.